The van der Waals surface area contributed by atoms with Crippen LogP contribution in [-0.4, -0.2) is 46.3 Å². The first kappa shape index (κ1) is 24.0. The van der Waals surface area contributed by atoms with Crippen LogP contribution in [0.15, 0.2) is 48.5 Å². The second kappa shape index (κ2) is 10.5. The maximum absolute atomic E-state index is 14.5. The van der Waals surface area contributed by atoms with Gasteiger partial charge in [-0.3, -0.25) is 4.79 Å². The summed E-state index contributed by atoms with van der Waals surface area (Å²) in [6.07, 6.45) is 6.44. The van der Waals surface area contributed by atoms with Crippen LogP contribution < -0.4 is 11.1 Å². The lowest BCUT2D eigenvalue weighted by molar-refractivity contribution is 0.0793. The van der Waals surface area contributed by atoms with E-state index in [1.165, 1.54) is 12.1 Å². The molecule has 1 amide bonds. The van der Waals surface area contributed by atoms with E-state index in [9.17, 15) is 9.18 Å². The molecule has 2 fully saturated rings. The van der Waals surface area contributed by atoms with E-state index in [1.807, 2.05) is 41.3 Å². The Hall–Kier alpha value is -3.70. The Morgan fingerprint density at radius 2 is 1.89 bits per heavy atom. The van der Waals surface area contributed by atoms with Crippen molar-refractivity contribution >= 4 is 11.7 Å². The number of benzene rings is 2. The molecule has 1 saturated carbocycles. The van der Waals surface area contributed by atoms with Gasteiger partial charge in [-0.05, 0) is 74.4 Å². The number of carbonyl (C=O) groups excluding carboxylic acids is 1. The van der Waals surface area contributed by atoms with Crippen LogP contribution in [0.3, 0.4) is 0 Å². The average molecular weight is 487 g/mol. The van der Waals surface area contributed by atoms with Crippen LogP contribution in [0.25, 0.3) is 16.9 Å². The summed E-state index contributed by atoms with van der Waals surface area (Å²) < 4.78 is 16.2. The van der Waals surface area contributed by atoms with E-state index in [-0.39, 0.29) is 17.5 Å². The van der Waals surface area contributed by atoms with Gasteiger partial charge in [-0.2, -0.15) is 5.26 Å². The molecule has 3 aromatic rings. The molecule has 0 bridgehead atoms. The summed E-state index contributed by atoms with van der Waals surface area (Å²) in [5, 5.41) is 17.3. The van der Waals surface area contributed by atoms with Crippen molar-refractivity contribution in [2.45, 2.75) is 44.6 Å². The summed E-state index contributed by atoms with van der Waals surface area (Å²) in [6, 6.07) is 16.0. The predicted octanol–water partition coefficient (Wildman–Crippen LogP) is 4.72. The highest BCUT2D eigenvalue weighted by Crippen LogP contribution is 2.29. The third-order valence-corrected chi connectivity index (χ3v) is 7.24. The number of aromatic nitrogens is 2. The summed E-state index contributed by atoms with van der Waals surface area (Å²) in [5.41, 5.74) is 8.87. The van der Waals surface area contributed by atoms with Crippen LogP contribution in [0.2, 0.25) is 0 Å². The number of nitriles is 1. The van der Waals surface area contributed by atoms with Gasteiger partial charge in [-0.1, -0.05) is 12.5 Å². The van der Waals surface area contributed by atoms with Crippen LogP contribution >= 0.6 is 0 Å². The van der Waals surface area contributed by atoms with Crippen LogP contribution in [0.5, 0.6) is 0 Å². The molecular formula is C28H31FN6O. The fourth-order valence-corrected chi connectivity index (χ4v) is 5.25. The largest absolute Gasteiger partial charge is 0.368 e. The molecule has 0 spiro atoms. The zero-order valence-electron chi connectivity index (χ0n) is 20.3. The predicted molar refractivity (Wildman–Crippen MR) is 137 cm³/mol. The Kier molecular flexibility index (Phi) is 7.01. The van der Waals surface area contributed by atoms with Crippen LogP contribution in [0, 0.1) is 23.1 Å². The number of hydrogen-bond donors (Lipinski definition) is 2. The molecule has 1 saturated heterocycles. The lowest BCUT2D eigenvalue weighted by Crippen LogP contribution is -2.31. The van der Waals surface area contributed by atoms with E-state index < -0.39 is 5.82 Å². The highest BCUT2D eigenvalue weighted by molar-refractivity contribution is 5.94. The van der Waals surface area contributed by atoms with Crippen molar-refractivity contribution in [1.82, 2.24) is 14.7 Å². The number of rotatable bonds is 6. The molecule has 1 aromatic heterocycles. The van der Waals surface area contributed by atoms with Gasteiger partial charge in [0.15, 0.2) is 0 Å². The molecule has 7 nitrogen and oxygen atoms in total. The summed E-state index contributed by atoms with van der Waals surface area (Å²) >= 11 is 0. The molecule has 1 aliphatic carbocycles. The maximum Gasteiger partial charge on any atom is 0.253 e. The fraction of sp³-hybridized carbons (Fsp3) is 0.393. The summed E-state index contributed by atoms with van der Waals surface area (Å²) in [7, 11) is 0. The van der Waals surface area contributed by atoms with E-state index in [2.05, 4.69) is 5.32 Å². The van der Waals surface area contributed by atoms with Crippen molar-refractivity contribution in [3.8, 4) is 23.0 Å². The highest BCUT2D eigenvalue weighted by Gasteiger charge is 2.21. The van der Waals surface area contributed by atoms with E-state index in [0.717, 1.165) is 63.8 Å². The molecule has 3 N–H and O–H groups in total. The molecule has 2 aromatic carbocycles. The van der Waals surface area contributed by atoms with Gasteiger partial charge in [0.05, 0.1) is 16.9 Å². The van der Waals surface area contributed by atoms with Crippen molar-refractivity contribution in [1.29, 1.82) is 5.26 Å². The van der Waals surface area contributed by atoms with Crippen LogP contribution in [0.4, 0.5) is 10.2 Å². The quantitative estimate of drug-likeness (QED) is 0.525. The minimum Gasteiger partial charge on any atom is -0.368 e. The van der Waals surface area contributed by atoms with Crippen molar-refractivity contribution in [3.63, 3.8) is 0 Å². The molecule has 2 heterocycles. The molecule has 8 heteroatoms. The lowest BCUT2D eigenvalue weighted by atomic mass is 9.86. The molecular weight excluding hydrogens is 455 g/mol. The van der Waals surface area contributed by atoms with Gasteiger partial charge < -0.3 is 16.0 Å². The smallest absolute Gasteiger partial charge is 0.253 e. The first-order valence-electron chi connectivity index (χ1n) is 12.7. The van der Waals surface area contributed by atoms with E-state index in [0.29, 0.717) is 28.6 Å². The van der Waals surface area contributed by atoms with Gasteiger partial charge >= 0.3 is 0 Å². The number of nitrogens with one attached hydrogen (secondary N) is 1. The van der Waals surface area contributed by atoms with Gasteiger partial charge in [-0.25, -0.2) is 9.07 Å². The summed E-state index contributed by atoms with van der Waals surface area (Å²) in [5.74, 6) is 0.652. The Labute approximate surface area is 210 Å². The van der Waals surface area contributed by atoms with Crippen molar-refractivity contribution < 1.29 is 9.18 Å². The Morgan fingerprint density at radius 3 is 2.58 bits per heavy atom. The third-order valence-electron chi connectivity index (χ3n) is 7.24. The number of carbonyl (C=O) groups is 1. The van der Waals surface area contributed by atoms with Crippen LogP contribution in [-0.2, 0) is 0 Å². The van der Waals surface area contributed by atoms with Gasteiger partial charge in [-0.15, -0.1) is 5.10 Å². The Balaban J connectivity index is 1.43. The van der Waals surface area contributed by atoms with Crippen molar-refractivity contribution in [2.24, 2.45) is 11.7 Å². The molecule has 0 radical (unpaired) electrons. The number of anilines is 1. The Morgan fingerprint density at radius 1 is 1.11 bits per heavy atom. The lowest BCUT2D eigenvalue weighted by Gasteiger charge is -2.26. The average Bonchev–Trinajstić information content (AvgIpc) is 3.58. The highest BCUT2D eigenvalue weighted by atomic mass is 19.1. The van der Waals surface area contributed by atoms with E-state index in [4.69, 9.17) is 16.1 Å². The first-order valence-corrected chi connectivity index (χ1v) is 12.7. The molecule has 186 valence electrons. The molecule has 5 rings (SSSR count). The first-order chi connectivity index (χ1) is 17.5. The van der Waals surface area contributed by atoms with Crippen LogP contribution in [0.1, 0.15) is 54.4 Å². The molecule has 1 aliphatic heterocycles. The minimum atomic E-state index is -0.569. The molecule has 2 atom stereocenters. The zero-order valence-corrected chi connectivity index (χ0v) is 20.3. The minimum absolute atomic E-state index is 0.00146. The van der Waals surface area contributed by atoms with Crippen molar-refractivity contribution in [2.75, 3.05) is 25.0 Å². The van der Waals surface area contributed by atoms with Gasteiger partial charge in [0, 0.05) is 42.9 Å². The number of hydrogen-bond acceptors (Lipinski definition) is 5. The van der Waals surface area contributed by atoms with Gasteiger partial charge in [0.25, 0.3) is 5.91 Å². The summed E-state index contributed by atoms with van der Waals surface area (Å²) in [6.45, 7) is 2.37. The number of likely N-dealkylation sites (tertiary alicyclic amines) is 1. The number of nitrogens with zero attached hydrogens (tertiary/aromatic N) is 4. The van der Waals surface area contributed by atoms with Crippen molar-refractivity contribution in [3.05, 3.63) is 65.5 Å². The SMILES string of the molecule is N#Cc1ccc(-c2cc(NC[C@@H]3CCC[C@@H](N)C3)nn2-c2ccc(C(=O)N3CCCC3)cc2)cc1F. The number of amides is 1. The van der Waals surface area contributed by atoms with E-state index in [1.54, 1.807) is 10.7 Å². The third kappa shape index (κ3) is 5.12. The monoisotopic (exact) mass is 486 g/mol. The maximum atomic E-state index is 14.5. The fourth-order valence-electron chi connectivity index (χ4n) is 5.25. The molecule has 36 heavy (non-hydrogen) atoms. The number of halogens is 1. The molecule has 0 unspecified atom stereocenters. The van der Waals surface area contributed by atoms with Gasteiger partial charge in [0.1, 0.15) is 17.7 Å². The topological polar surface area (TPSA) is 100.0 Å². The van der Waals surface area contributed by atoms with Gasteiger partial charge in [0.2, 0.25) is 0 Å². The number of nitrogens with two attached hydrogens (primary N) is 1. The second-order valence-corrected chi connectivity index (χ2v) is 9.85. The second-order valence-electron chi connectivity index (χ2n) is 9.85. The Bertz CT molecular complexity index is 1270. The normalized spacial score (nSPS) is 19.8. The van der Waals surface area contributed by atoms with E-state index >= 15 is 0 Å². The summed E-state index contributed by atoms with van der Waals surface area (Å²) in [4.78, 5) is 14.6. The standard InChI is InChI=1S/C28H31FN6O/c29-25-15-21(6-7-22(25)17-30)26-16-27(32-18-19-4-3-5-23(31)14-19)33-35(26)24-10-8-20(9-11-24)28(36)34-12-1-2-13-34/h6-11,15-16,19,23H,1-5,12-14,18,31H2,(H,32,33)/t19-,23-/m1/s1. The zero-order chi connectivity index (χ0) is 25.1. The molecule has 2 aliphatic rings.